The standard InChI is InChI=1S/C35H55NO6S/c1-8-25-29-19-23(37)15-17-35(29,7)28-16-18-34(6)26(13-14-27(34)30(28)31(25)38)21(2)20-42-32(39)36-43(40,41)24-11-9-22(10-12-24)33(3,4)5/h9-12,21,23,25-31,37-38H,8,13-20H2,1-7H3,(H,36,39)/t21-,23-,25-,26-,27+,28+,29?,30+,31-,34-,35+/m1/s1. The third-order valence-corrected chi connectivity index (χ3v) is 14.2. The van der Waals surface area contributed by atoms with E-state index in [4.69, 9.17) is 4.74 Å². The van der Waals surface area contributed by atoms with Gasteiger partial charge in [0.15, 0.2) is 0 Å². The largest absolute Gasteiger partial charge is 0.449 e. The molecule has 242 valence electrons. The summed E-state index contributed by atoms with van der Waals surface area (Å²) in [5.74, 6) is 2.14. The van der Waals surface area contributed by atoms with Gasteiger partial charge < -0.3 is 14.9 Å². The van der Waals surface area contributed by atoms with Crippen LogP contribution in [0.25, 0.3) is 0 Å². The Bertz CT molecular complexity index is 1270. The molecule has 1 aromatic carbocycles. The molecule has 0 heterocycles. The smallest absolute Gasteiger partial charge is 0.421 e. The van der Waals surface area contributed by atoms with Gasteiger partial charge in [-0.3, -0.25) is 0 Å². The lowest BCUT2D eigenvalue weighted by Crippen LogP contribution is -2.62. The number of carbonyl (C=O) groups is 1. The Labute approximate surface area is 259 Å². The lowest BCUT2D eigenvalue weighted by atomic mass is 9.41. The first-order valence-electron chi connectivity index (χ1n) is 16.7. The van der Waals surface area contributed by atoms with E-state index < -0.39 is 16.1 Å². The topological polar surface area (TPSA) is 113 Å². The number of rotatable bonds is 6. The third-order valence-electron chi connectivity index (χ3n) is 12.9. The number of aliphatic hydroxyl groups excluding tert-OH is 2. The SMILES string of the molecule is CC[C@@H]1C2C[C@H](O)CC[C@@]2(C)[C@H]2CC[C@]3(C)[C@@H]([C@H](C)COC(=O)NS(=O)(=O)c4ccc(C(C)(C)C)cc4)CC[C@H]3[C@@H]2[C@@H]1O. The molecule has 0 radical (unpaired) electrons. The molecular weight excluding hydrogens is 562 g/mol. The van der Waals surface area contributed by atoms with E-state index in [0.717, 1.165) is 56.9 Å². The van der Waals surface area contributed by atoms with Crippen LogP contribution < -0.4 is 4.72 Å². The van der Waals surface area contributed by atoms with Gasteiger partial charge in [0.1, 0.15) is 0 Å². The maximum Gasteiger partial charge on any atom is 0.421 e. The zero-order chi connectivity index (χ0) is 31.5. The normalized spacial score (nSPS) is 40.1. The summed E-state index contributed by atoms with van der Waals surface area (Å²) in [4.78, 5) is 12.7. The summed E-state index contributed by atoms with van der Waals surface area (Å²) in [7, 11) is -4.03. The molecule has 1 amide bonds. The van der Waals surface area contributed by atoms with Crippen LogP contribution in [-0.2, 0) is 20.2 Å². The average molecular weight is 618 g/mol. The van der Waals surface area contributed by atoms with Crippen molar-refractivity contribution in [2.24, 2.45) is 52.3 Å². The number of ether oxygens (including phenoxy) is 1. The fourth-order valence-corrected chi connectivity index (χ4v) is 11.5. The molecule has 4 aliphatic rings. The number of sulfonamides is 1. The molecule has 3 N–H and O–H groups in total. The number of carbonyl (C=O) groups excluding carboxylic acids is 1. The Morgan fingerprint density at radius 1 is 1.00 bits per heavy atom. The van der Waals surface area contributed by atoms with E-state index in [1.54, 1.807) is 12.1 Å². The van der Waals surface area contributed by atoms with Gasteiger partial charge in [-0.15, -0.1) is 0 Å². The van der Waals surface area contributed by atoms with E-state index in [1.807, 2.05) is 0 Å². The summed E-state index contributed by atoms with van der Waals surface area (Å²) in [6.45, 7) is 15.5. The first-order valence-corrected chi connectivity index (χ1v) is 18.2. The van der Waals surface area contributed by atoms with E-state index >= 15 is 0 Å². The highest BCUT2D eigenvalue weighted by Gasteiger charge is 2.64. The highest BCUT2D eigenvalue weighted by molar-refractivity contribution is 7.90. The van der Waals surface area contributed by atoms with Crippen molar-refractivity contribution >= 4 is 16.1 Å². The molecule has 4 fully saturated rings. The van der Waals surface area contributed by atoms with Gasteiger partial charge in [0, 0.05) is 0 Å². The second kappa shape index (κ2) is 11.6. The number of hydrogen-bond donors (Lipinski definition) is 3. The fraction of sp³-hybridized carbons (Fsp3) is 0.800. The number of hydrogen-bond acceptors (Lipinski definition) is 6. The summed E-state index contributed by atoms with van der Waals surface area (Å²) in [6, 6.07) is 6.60. The summed E-state index contributed by atoms with van der Waals surface area (Å²) >= 11 is 0. The summed E-state index contributed by atoms with van der Waals surface area (Å²) in [5.41, 5.74) is 1.11. The lowest BCUT2D eigenvalue weighted by molar-refractivity contribution is -0.203. The summed E-state index contributed by atoms with van der Waals surface area (Å²) < 4.78 is 33.3. The van der Waals surface area contributed by atoms with Crippen molar-refractivity contribution in [2.45, 2.75) is 122 Å². The van der Waals surface area contributed by atoms with Crippen LogP contribution in [-0.4, -0.2) is 43.5 Å². The minimum atomic E-state index is -4.03. The van der Waals surface area contributed by atoms with Crippen molar-refractivity contribution in [3.63, 3.8) is 0 Å². The molecular formula is C35H55NO6S. The molecule has 5 rings (SSSR count). The van der Waals surface area contributed by atoms with Gasteiger partial charge in [0.2, 0.25) is 0 Å². The Balaban J connectivity index is 1.24. The van der Waals surface area contributed by atoms with Gasteiger partial charge >= 0.3 is 6.09 Å². The maximum atomic E-state index is 12.9. The Hall–Kier alpha value is -1.64. The molecule has 4 saturated carbocycles. The van der Waals surface area contributed by atoms with Crippen LogP contribution in [0.3, 0.4) is 0 Å². The molecule has 1 unspecified atom stereocenters. The van der Waals surface area contributed by atoms with Crippen molar-refractivity contribution in [1.29, 1.82) is 0 Å². The van der Waals surface area contributed by atoms with Crippen molar-refractivity contribution < 1.29 is 28.2 Å². The van der Waals surface area contributed by atoms with E-state index in [2.05, 4.69) is 53.2 Å². The van der Waals surface area contributed by atoms with Gasteiger partial charge in [-0.1, -0.05) is 67.0 Å². The number of nitrogens with one attached hydrogen (secondary N) is 1. The predicted molar refractivity (Wildman–Crippen MR) is 168 cm³/mol. The van der Waals surface area contributed by atoms with E-state index in [-0.39, 0.29) is 57.7 Å². The van der Waals surface area contributed by atoms with Gasteiger partial charge in [-0.25, -0.2) is 17.9 Å². The van der Waals surface area contributed by atoms with Gasteiger partial charge in [0.25, 0.3) is 10.0 Å². The van der Waals surface area contributed by atoms with Crippen molar-refractivity contribution in [3.8, 4) is 0 Å². The average Bonchev–Trinajstić information content (AvgIpc) is 3.29. The molecule has 43 heavy (non-hydrogen) atoms. The molecule has 0 bridgehead atoms. The molecule has 0 spiro atoms. The van der Waals surface area contributed by atoms with Crippen molar-refractivity contribution in [2.75, 3.05) is 6.61 Å². The molecule has 1 aromatic rings. The molecule has 0 saturated heterocycles. The Morgan fingerprint density at radius 3 is 2.26 bits per heavy atom. The fourth-order valence-electron chi connectivity index (χ4n) is 10.6. The van der Waals surface area contributed by atoms with Crippen LogP contribution in [0.2, 0.25) is 0 Å². The van der Waals surface area contributed by atoms with Crippen LogP contribution in [0.1, 0.15) is 105 Å². The summed E-state index contributed by atoms with van der Waals surface area (Å²) in [6.07, 6.45) is 6.39. The van der Waals surface area contributed by atoms with Gasteiger partial charge in [-0.05, 0) is 120 Å². The molecule has 11 atom stereocenters. The monoisotopic (exact) mass is 617 g/mol. The zero-order valence-corrected chi connectivity index (χ0v) is 28.1. The number of amides is 1. The number of fused-ring (bicyclic) bond motifs is 5. The Morgan fingerprint density at radius 2 is 1.63 bits per heavy atom. The number of benzene rings is 1. The predicted octanol–water partition coefficient (Wildman–Crippen LogP) is 6.66. The van der Waals surface area contributed by atoms with Crippen molar-refractivity contribution in [3.05, 3.63) is 29.8 Å². The van der Waals surface area contributed by atoms with Crippen LogP contribution in [0, 0.1) is 52.3 Å². The van der Waals surface area contributed by atoms with Crippen LogP contribution in [0.5, 0.6) is 0 Å². The molecule has 0 aromatic heterocycles. The maximum absolute atomic E-state index is 12.9. The Kier molecular flexibility index (Phi) is 8.85. The minimum Gasteiger partial charge on any atom is -0.449 e. The van der Waals surface area contributed by atoms with Gasteiger partial charge in [-0.2, -0.15) is 0 Å². The molecule has 0 aliphatic heterocycles. The van der Waals surface area contributed by atoms with Crippen LogP contribution in [0.4, 0.5) is 4.79 Å². The van der Waals surface area contributed by atoms with E-state index in [0.29, 0.717) is 23.7 Å². The van der Waals surface area contributed by atoms with E-state index in [1.165, 1.54) is 12.1 Å². The second-order valence-electron chi connectivity index (χ2n) is 16.1. The highest BCUT2D eigenvalue weighted by Crippen LogP contribution is 2.69. The summed E-state index contributed by atoms with van der Waals surface area (Å²) in [5, 5.41) is 22.4. The van der Waals surface area contributed by atoms with Crippen LogP contribution in [0.15, 0.2) is 29.2 Å². The first-order chi connectivity index (χ1) is 20.0. The molecule has 8 heteroatoms. The minimum absolute atomic E-state index is 0.0354. The molecule has 4 aliphatic carbocycles. The lowest BCUT2D eigenvalue weighted by Gasteiger charge is -2.64. The van der Waals surface area contributed by atoms with E-state index in [9.17, 15) is 23.4 Å². The van der Waals surface area contributed by atoms with Crippen molar-refractivity contribution in [1.82, 2.24) is 4.72 Å². The molecule has 7 nitrogen and oxygen atoms in total. The third kappa shape index (κ3) is 5.78. The zero-order valence-electron chi connectivity index (χ0n) is 27.3. The second-order valence-corrected chi connectivity index (χ2v) is 17.8. The highest BCUT2D eigenvalue weighted by atomic mass is 32.2. The van der Waals surface area contributed by atoms with Crippen LogP contribution >= 0.6 is 0 Å². The quantitative estimate of drug-likeness (QED) is 0.329. The number of aliphatic hydroxyl groups is 2. The van der Waals surface area contributed by atoms with Gasteiger partial charge in [0.05, 0.1) is 23.7 Å². The first kappa shape index (κ1) is 32.7.